The third kappa shape index (κ3) is 7.48. The number of hydrogen-bond donors (Lipinski definition) is 1. The SMILES string of the molecule is Cc1cccc(C(c2cccc(C)c2)N2CCN(C(c3nc(-c4ccccc4)[nH]c3C)C(C)C)CC2)c1.Cl.Cl.Cl. The Balaban J connectivity index is 0.00000187. The summed E-state index contributed by atoms with van der Waals surface area (Å²) in [7, 11) is 0. The number of rotatable bonds is 7. The van der Waals surface area contributed by atoms with Crippen LogP contribution in [0.25, 0.3) is 11.4 Å². The van der Waals surface area contributed by atoms with Gasteiger partial charge in [-0.3, -0.25) is 9.80 Å². The second-order valence-corrected chi connectivity index (χ2v) is 11.0. The summed E-state index contributed by atoms with van der Waals surface area (Å²) >= 11 is 0. The van der Waals surface area contributed by atoms with Gasteiger partial charge in [-0.15, -0.1) is 37.2 Å². The van der Waals surface area contributed by atoms with Crippen LogP contribution >= 0.6 is 37.2 Å². The lowest BCUT2D eigenvalue weighted by Crippen LogP contribution is -2.50. The maximum absolute atomic E-state index is 5.13. The number of halogens is 3. The molecule has 7 heteroatoms. The van der Waals surface area contributed by atoms with E-state index in [-0.39, 0.29) is 43.3 Å². The fourth-order valence-electron chi connectivity index (χ4n) is 5.97. The lowest BCUT2D eigenvalue weighted by atomic mass is 9.93. The Hall–Kier alpha value is -2.34. The molecular weight excluding hydrogens is 559 g/mol. The molecule has 5 rings (SSSR count). The molecule has 4 aromatic rings. The molecule has 1 unspecified atom stereocenters. The number of nitrogens with one attached hydrogen (secondary N) is 1. The van der Waals surface area contributed by atoms with E-state index in [1.165, 1.54) is 33.6 Å². The lowest BCUT2D eigenvalue weighted by molar-refractivity contribution is 0.0599. The monoisotopic (exact) mass is 600 g/mol. The molecule has 1 fully saturated rings. The highest BCUT2D eigenvalue weighted by Crippen LogP contribution is 2.35. The van der Waals surface area contributed by atoms with Crippen LogP contribution in [0.15, 0.2) is 78.9 Å². The van der Waals surface area contributed by atoms with Crippen molar-refractivity contribution in [3.8, 4) is 11.4 Å². The minimum absolute atomic E-state index is 0. The topological polar surface area (TPSA) is 35.2 Å². The molecule has 1 aromatic heterocycles. The predicted molar refractivity (Wildman–Crippen MR) is 175 cm³/mol. The van der Waals surface area contributed by atoms with Crippen LogP contribution in [0.3, 0.4) is 0 Å². The Morgan fingerprint density at radius 3 is 1.70 bits per heavy atom. The van der Waals surface area contributed by atoms with Gasteiger partial charge in [0.25, 0.3) is 0 Å². The van der Waals surface area contributed by atoms with E-state index in [0.717, 1.165) is 37.6 Å². The number of piperazine rings is 1. The summed E-state index contributed by atoms with van der Waals surface area (Å²) in [6.07, 6.45) is 0. The second-order valence-electron chi connectivity index (χ2n) is 11.0. The van der Waals surface area contributed by atoms with Crippen LogP contribution in [-0.4, -0.2) is 45.9 Å². The van der Waals surface area contributed by atoms with Gasteiger partial charge in [0.1, 0.15) is 5.82 Å². The van der Waals surface area contributed by atoms with E-state index < -0.39 is 0 Å². The number of H-pyrrole nitrogens is 1. The molecule has 0 amide bonds. The van der Waals surface area contributed by atoms with Crippen LogP contribution in [0.1, 0.15) is 59.6 Å². The smallest absolute Gasteiger partial charge is 0.137 e. The van der Waals surface area contributed by atoms with Crippen LogP contribution < -0.4 is 0 Å². The molecule has 0 spiro atoms. The zero-order chi connectivity index (χ0) is 25.9. The zero-order valence-electron chi connectivity index (χ0n) is 24.1. The maximum Gasteiger partial charge on any atom is 0.137 e. The summed E-state index contributed by atoms with van der Waals surface area (Å²) in [6, 6.07) is 29.1. The van der Waals surface area contributed by atoms with E-state index in [1.807, 2.05) is 0 Å². The number of aryl methyl sites for hydroxylation is 3. The largest absolute Gasteiger partial charge is 0.342 e. The van der Waals surface area contributed by atoms with Crippen LogP contribution in [0.4, 0.5) is 0 Å². The van der Waals surface area contributed by atoms with Crippen LogP contribution in [0.2, 0.25) is 0 Å². The highest BCUT2D eigenvalue weighted by molar-refractivity contribution is 5.86. The van der Waals surface area contributed by atoms with Gasteiger partial charge in [0, 0.05) is 37.4 Å². The fourth-order valence-corrected chi connectivity index (χ4v) is 5.97. The van der Waals surface area contributed by atoms with E-state index in [9.17, 15) is 0 Å². The quantitative estimate of drug-likeness (QED) is 0.231. The highest BCUT2D eigenvalue weighted by Gasteiger charge is 2.33. The van der Waals surface area contributed by atoms with Gasteiger partial charge in [0.15, 0.2) is 0 Å². The van der Waals surface area contributed by atoms with E-state index >= 15 is 0 Å². The third-order valence-corrected chi connectivity index (χ3v) is 7.70. The molecule has 40 heavy (non-hydrogen) atoms. The first-order valence-corrected chi connectivity index (χ1v) is 13.6. The van der Waals surface area contributed by atoms with Crippen molar-refractivity contribution < 1.29 is 0 Å². The van der Waals surface area contributed by atoms with Gasteiger partial charge < -0.3 is 4.98 Å². The van der Waals surface area contributed by atoms with Gasteiger partial charge >= 0.3 is 0 Å². The van der Waals surface area contributed by atoms with Gasteiger partial charge in [-0.2, -0.15) is 0 Å². The Morgan fingerprint density at radius 1 is 0.675 bits per heavy atom. The van der Waals surface area contributed by atoms with E-state index in [2.05, 4.69) is 128 Å². The standard InChI is InChI=1S/C33H40N4.3ClH/c1-23(2)31(30-26(5)34-33(35-30)27-13-7-6-8-14-27)36-17-19-37(20-18-36)32(28-15-9-11-24(3)21-28)29-16-10-12-25(4)22-29;;;/h6-16,21-23,31-32H,17-20H2,1-5H3,(H,34,35);3*1H. The van der Waals surface area contributed by atoms with Gasteiger partial charge in [0.2, 0.25) is 0 Å². The molecule has 2 heterocycles. The first kappa shape index (κ1) is 33.9. The van der Waals surface area contributed by atoms with Crippen molar-refractivity contribution >= 4 is 37.2 Å². The number of imidazole rings is 1. The summed E-state index contributed by atoms with van der Waals surface area (Å²) in [5, 5.41) is 0. The van der Waals surface area contributed by atoms with Crippen LogP contribution in [-0.2, 0) is 0 Å². The fraction of sp³-hybridized carbons (Fsp3) is 0.364. The van der Waals surface area contributed by atoms with Gasteiger partial charge in [0.05, 0.1) is 17.8 Å². The molecule has 1 aliphatic rings. The maximum atomic E-state index is 5.13. The van der Waals surface area contributed by atoms with Crippen molar-refractivity contribution in [2.24, 2.45) is 5.92 Å². The summed E-state index contributed by atoms with van der Waals surface area (Å²) < 4.78 is 0. The average molecular weight is 602 g/mol. The van der Waals surface area contributed by atoms with Crippen molar-refractivity contribution in [1.29, 1.82) is 0 Å². The Kier molecular flexibility index (Phi) is 12.7. The molecule has 1 N–H and O–H groups in total. The number of benzene rings is 3. The number of aromatic amines is 1. The summed E-state index contributed by atoms with van der Waals surface area (Å²) in [5.41, 5.74) is 8.91. The van der Waals surface area contributed by atoms with Crippen molar-refractivity contribution in [2.45, 2.75) is 46.7 Å². The van der Waals surface area contributed by atoms with Crippen molar-refractivity contribution in [2.75, 3.05) is 26.2 Å². The molecule has 4 nitrogen and oxygen atoms in total. The number of hydrogen-bond acceptors (Lipinski definition) is 3. The summed E-state index contributed by atoms with van der Waals surface area (Å²) in [6.45, 7) is 15.3. The van der Waals surface area contributed by atoms with Gasteiger partial charge in [-0.1, -0.05) is 104 Å². The summed E-state index contributed by atoms with van der Waals surface area (Å²) in [5.74, 6) is 1.44. The van der Waals surface area contributed by atoms with Crippen LogP contribution in [0.5, 0.6) is 0 Å². The molecule has 216 valence electrons. The molecule has 1 aliphatic heterocycles. The van der Waals surface area contributed by atoms with Gasteiger partial charge in [-0.25, -0.2) is 4.98 Å². The molecule has 1 atom stereocenters. The normalized spacial score (nSPS) is 14.8. The minimum atomic E-state index is 0. The molecule has 3 aromatic carbocycles. The zero-order valence-corrected chi connectivity index (χ0v) is 26.6. The van der Waals surface area contributed by atoms with Gasteiger partial charge in [-0.05, 0) is 37.8 Å². The van der Waals surface area contributed by atoms with Crippen molar-refractivity contribution in [1.82, 2.24) is 19.8 Å². The van der Waals surface area contributed by atoms with Crippen molar-refractivity contribution in [3.05, 3.63) is 113 Å². The lowest BCUT2D eigenvalue weighted by Gasteiger charge is -2.43. The number of aromatic nitrogens is 2. The van der Waals surface area contributed by atoms with E-state index in [0.29, 0.717) is 12.0 Å². The molecule has 0 aliphatic carbocycles. The Morgan fingerprint density at radius 2 is 1.20 bits per heavy atom. The molecule has 0 saturated carbocycles. The highest BCUT2D eigenvalue weighted by atomic mass is 35.5. The molecule has 1 saturated heterocycles. The average Bonchev–Trinajstić information content (AvgIpc) is 3.27. The minimum Gasteiger partial charge on any atom is -0.342 e. The Bertz CT molecular complexity index is 1290. The third-order valence-electron chi connectivity index (χ3n) is 7.70. The molecular formula is C33H43Cl3N4. The molecule has 0 radical (unpaired) electrons. The predicted octanol–water partition coefficient (Wildman–Crippen LogP) is 8.37. The van der Waals surface area contributed by atoms with Crippen molar-refractivity contribution in [3.63, 3.8) is 0 Å². The Labute approximate surface area is 258 Å². The van der Waals surface area contributed by atoms with Crippen LogP contribution in [0, 0.1) is 26.7 Å². The second kappa shape index (κ2) is 15.0. The van der Waals surface area contributed by atoms with E-state index in [4.69, 9.17) is 4.98 Å². The number of nitrogens with zero attached hydrogens (tertiary/aromatic N) is 3. The first-order valence-electron chi connectivity index (χ1n) is 13.6. The first-order chi connectivity index (χ1) is 17.9. The summed E-state index contributed by atoms with van der Waals surface area (Å²) in [4.78, 5) is 14.0. The van der Waals surface area contributed by atoms with E-state index in [1.54, 1.807) is 0 Å². The molecule has 0 bridgehead atoms.